The Balaban J connectivity index is 1.50. The number of hydrogen-bond donors (Lipinski definition) is 2. The lowest BCUT2D eigenvalue weighted by atomic mass is 9.98. The maximum absolute atomic E-state index is 12.3. The van der Waals surface area contributed by atoms with Gasteiger partial charge in [-0.05, 0) is 32.8 Å². The maximum Gasteiger partial charge on any atom is 0.255 e. The summed E-state index contributed by atoms with van der Waals surface area (Å²) >= 11 is 0. The van der Waals surface area contributed by atoms with Crippen LogP contribution in [-0.4, -0.2) is 48.9 Å². The van der Waals surface area contributed by atoms with Gasteiger partial charge in [0.25, 0.3) is 5.91 Å². The fourth-order valence-corrected chi connectivity index (χ4v) is 3.09. The molecule has 0 unspecified atom stereocenters. The van der Waals surface area contributed by atoms with E-state index in [4.69, 9.17) is 4.42 Å². The molecule has 0 atom stereocenters. The number of nitrogens with zero attached hydrogens (tertiary/aromatic N) is 1. The van der Waals surface area contributed by atoms with Gasteiger partial charge in [0.1, 0.15) is 11.5 Å². The zero-order chi connectivity index (χ0) is 15.7. The van der Waals surface area contributed by atoms with Crippen molar-refractivity contribution < 1.29 is 14.0 Å². The van der Waals surface area contributed by atoms with E-state index >= 15 is 0 Å². The van der Waals surface area contributed by atoms with Crippen LogP contribution in [0.1, 0.15) is 34.7 Å². The minimum absolute atomic E-state index is 0.0812. The van der Waals surface area contributed by atoms with Gasteiger partial charge in [-0.15, -0.1) is 0 Å². The van der Waals surface area contributed by atoms with Crippen molar-refractivity contribution in [1.82, 2.24) is 15.5 Å². The predicted molar refractivity (Wildman–Crippen MR) is 81.6 cm³/mol. The molecule has 0 aromatic carbocycles. The van der Waals surface area contributed by atoms with Crippen molar-refractivity contribution >= 4 is 11.8 Å². The van der Waals surface area contributed by atoms with Gasteiger partial charge in [0.2, 0.25) is 5.91 Å². The molecule has 2 N–H and O–H groups in total. The number of nitrogens with one attached hydrogen (secondary N) is 2. The molecule has 2 saturated heterocycles. The summed E-state index contributed by atoms with van der Waals surface area (Å²) in [5.41, 5.74) is 0.608. The van der Waals surface area contributed by atoms with Gasteiger partial charge in [0.15, 0.2) is 0 Å². The van der Waals surface area contributed by atoms with Gasteiger partial charge < -0.3 is 20.0 Å². The summed E-state index contributed by atoms with van der Waals surface area (Å²) in [6.07, 6.45) is 1.63. The molecule has 0 spiro atoms. The third-order valence-electron chi connectivity index (χ3n) is 4.56. The van der Waals surface area contributed by atoms with Crippen LogP contribution in [0.15, 0.2) is 10.5 Å². The highest BCUT2D eigenvalue weighted by atomic mass is 16.3. The molecule has 2 aliphatic heterocycles. The number of aryl methyl sites for hydroxylation is 2. The van der Waals surface area contributed by atoms with Gasteiger partial charge in [-0.2, -0.15) is 0 Å². The fourth-order valence-electron chi connectivity index (χ4n) is 3.09. The molecule has 2 aliphatic rings. The first-order chi connectivity index (χ1) is 10.5. The van der Waals surface area contributed by atoms with E-state index < -0.39 is 0 Å². The van der Waals surface area contributed by atoms with Gasteiger partial charge in [0.05, 0.1) is 11.5 Å². The van der Waals surface area contributed by atoms with Gasteiger partial charge in [-0.3, -0.25) is 9.59 Å². The van der Waals surface area contributed by atoms with Crippen molar-refractivity contribution in [3.8, 4) is 0 Å². The lowest BCUT2D eigenvalue weighted by Crippen LogP contribution is -2.55. The molecular weight excluding hydrogens is 282 g/mol. The van der Waals surface area contributed by atoms with Crippen LogP contribution in [0.3, 0.4) is 0 Å². The van der Waals surface area contributed by atoms with Crippen molar-refractivity contribution in [2.24, 2.45) is 5.92 Å². The molecular formula is C16H23N3O3. The molecule has 22 heavy (non-hydrogen) atoms. The van der Waals surface area contributed by atoms with Crippen LogP contribution >= 0.6 is 0 Å². The molecule has 1 aromatic heterocycles. The number of hydrogen-bond acceptors (Lipinski definition) is 4. The number of carbonyl (C=O) groups is 2. The van der Waals surface area contributed by atoms with E-state index in [0.29, 0.717) is 11.3 Å². The summed E-state index contributed by atoms with van der Waals surface area (Å²) in [7, 11) is 0. The van der Waals surface area contributed by atoms with Crippen LogP contribution in [0.4, 0.5) is 0 Å². The monoisotopic (exact) mass is 305 g/mol. The molecule has 0 radical (unpaired) electrons. The quantitative estimate of drug-likeness (QED) is 0.868. The molecule has 2 amide bonds. The van der Waals surface area contributed by atoms with E-state index in [1.807, 2.05) is 11.8 Å². The van der Waals surface area contributed by atoms with Crippen molar-refractivity contribution in [2.45, 2.75) is 32.7 Å². The van der Waals surface area contributed by atoms with Gasteiger partial charge in [-0.25, -0.2) is 0 Å². The van der Waals surface area contributed by atoms with Crippen LogP contribution in [-0.2, 0) is 4.79 Å². The molecule has 0 saturated carbocycles. The Morgan fingerprint density at radius 1 is 1.27 bits per heavy atom. The predicted octanol–water partition coefficient (Wildman–Crippen LogP) is 0.837. The molecule has 0 aliphatic carbocycles. The van der Waals surface area contributed by atoms with E-state index in [2.05, 4.69) is 10.6 Å². The van der Waals surface area contributed by atoms with Crippen molar-refractivity contribution in [2.75, 3.05) is 26.2 Å². The smallest absolute Gasteiger partial charge is 0.255 e. The van der Waals surface area contributed by atoms with Crippen LogP contribution in [0.25, 0.3) is 0 Å². The number of furan rings is 1. The van der Waals surface area contributed by atoms with Gasteiger partial charge >= 0.3 is 0 Å². The minimum Gasteiger partial charge on any atom is -0.466 e. The van der Waals surface area contributed by atoms with Crippen LogP contribution < -0.4 is 10.6 Å². The summed E-state index contributed by atoms with van der Waals surface area (Å²) in [6.45, 7) is 6.69. The highest BCUT2D eigenvalue weighted by molar-refractivity contribution is 5.95. The minimum atomic E-state index is -0.0812. The zero-order valence-corrected chi connectivity index (χ0v) is 13.1. The van der Waals surface area contributed by atoms with Gasteiger partial charge in [-0.1, -0.05) is 0 Å². The Kier molecular flexibility index (Phi) is 4.20. The van der Waals surface area contributed by atoms with Crippen LogP contribution in [0.5, 0.6) is 0 Å². The summed E-state index contributed by atoms with van der Waals surface area (Å²) < 4.78 is 5.40. The van der Waals surface area contributed by atoms with E-state index in [0.717, 1.165) is 44.8 Å². The summed E-state index contributed by atoms with van der Waals surface area (Å²) in [5.74, 6) is 1.73. The highest BCUT2D eigenvalue weighted by Crippen LogP contribution is 2.17. The second-order valence-electron chi connectivity index (χ2n) is 6.26. The zero-order valence-electron chi connectivity index (χ0n) is 13.1. The lowest BCUT2D eigenvalue weighted by molar-refractivity contribution is -0.138. The SMILES string of the molecule is Cc1cc(C(=O)NC2CCN(C(=O)C3CNC3)CC2)c(C)o1. The Bertz CT molecular complexity index is 569. The number of amides is 2. The number of likely N-dealkylation sites (tertiary alicyclic amines) is 1. The fraction of sp³-hybridized carbons (Fsp3) is 0.625. The normalized spacial score (nSPS) is 19.8. The van der Waals surface area contributed by atoms with Crippen LogP contribution in [0.2, 0.25) is 0 Å². The van der Waals surface area contributed by atoms with Crippen LogP contribution in [0, 0.1) is 19.8 Å². The first-order valence-electron chi connectivity index (χ1n) is 7.92. The summed E-state index contributed by atoms with van der Waals surface area (Å²) in [6, 6.07) is 1.90. The summed E-state index contributed by atoms with van der Waals surface area (Å²) in [4.78, 5) is 26.4. The van der Waals surface area contributed by atoms with E-state index in [1.165, 1.54) is 0 Å². The van der Waals surface area contributed by atoms with Crippen molar-refractivity contribution in [3.05, 3.63) is 23.2 Å². The largest absolute Gasteiger partial charge is 0.466 e. The second-order valence-corrected chi connectivity index (χ2v) is 6.26. The second kappa shape index (κ2) is 6.12. The van der Waals surface area contributed by atoms with Crippen molar-refractivity contribution in [1.29, 1.82) is 0 Å². The lowest BCUT2D eigenvalue weighted by Gasteiger charge is -2.37. The number of piperidine rings is 1. The first kappa shape index (κ1) is 15.1. The Hall–Kier alpha value is -1.82. The molecule has 1 aromatic rings. The van der Waals surface area contributed by atoms with E-state index in [-0.39, 0.29) is 23.8 Å². The molecule has 6 heteroatoms. The molecule has 6 nitrogen and oxygen atoms in total. The van der Waals surface area contributed by atoms with Gasteiger partial charge in [0, 0.05) is 32.2 Å². The Morgan fingerprint density at radius 2 is 1.95 bits per heavy atom. The molecule has 2 fully saturated rings. The summed E-state index contributed by atoms with van der Waals surface area (Å²) in [5, 5.41) is 6.18. The average molecular weight is 305 g/mol. The molecule has 120 valence electrons. The third-order valence-corrected chi connectivity index (χ3v) is 4.56. The number of carbonyl (C=O) groups excluding carboxylic acids is 2. The van der Waals surface area contributed by atoms with E-state index in [1.54, 1.807) is 13.0 Å². The molecule has 0 bridgehead atoms. The Labute approximate surface area is 130 Å². The average Bonchev–Trinajstić information content (AvgIpc) is 2.76. The third kappa shape index (κ3) is 3.02. The van der Waals surface area contributed by atoms with E-state index in [9.17, 15) is 9.59 Å². The standard InChI is InChI=1S/C16H23N3O3/c1-10-7-14(11(2)22-10)15(20)18-13-3-5-19(6-4-13)16(21)12-8-17-9-12/h7,12-13,17H,3-6,8-9H2,1-2H3,(H,18,20). The van der Waals surface area contributed by atoms with Crippen molar-refractivity contribution in [3.63, 3.8) is 0 Å². The maximum atomic E-state index is 12.3. The Morgan fingerprint density at radius 3 is 2.45 bits per heavy atom. The number of rotatable bonds is 3. The first-order valence-corrected chi connectivity index (χ1v) is 7.92. The topological polar surface area (TPSA) is 74.6 Å². The molecule has 3 heterocycles. The highest BCUT2D eigenvalue weighted by Gasteiger charge is 2.32. The molecule has 3 rings (SSSR count).